The van der Waals surface area contributed by atoms with Crippen molar-refractivity contribution in [2.45, 2.75) is 9.79 Å². The van der Waals surface area contributed by atoms with E-state index in [9.17, 15) is 26.9 Å². The van der Waals surface area contributed by atoms with Crippen LogP contribution in [0.4, 0.5) is 5.69 Å². The molecule has 0 amide bonds. The van der Waals surface area contributed by atoms with Gasteiger partial charge in [-0.05, 0) is 30.3 Å². The molecule has 9 nitrogen and oxygen atoms in total. The van der Waals surface area contributed by atoms with Crippen LogP contribution in [0.5, 0.6) is 0 Å². The lowest BCUT2D eigenvalue weighted by Gasteiger charge is -2.09. The Morgan fingerprint density at radius 3 is 2.00 bits per heavy atom. The van der Waals surface area contributed by atoms with Crippen LogP contribution in [0.25, 0.3) is 0 Å². The van der Waals surface area contributed by atoms with Gasteiger partial charge in [0, 0.05) is 24.2 Å². The van der Waals surface area contributed by atoms with E-state index in [0.717, 1.165) is 12.1 Å². The normalized spacial score (nSPS) is 12.0. The maximum absolute atomic E-state index is 12.2. The van der Waals surface area contributed by atoms with Crippen LogP contribution in [0.2, 0.25) is 5.02 Å². The Morgan fingerprint density at radius 2 is 1.42 bits per heavy atom. The summed E-state index contributed by atoms with van der Waals surface area (Å²) >= 11 is 5.69. The minimum absolute atomic E-state index is 0.0246. The first-order valence-corrected chi connectivity index (χ1v) is 10.5. The molecule has 0 saturated heterocycles. The van der Waals surface area contributed by atoms with Crippen LogP contribution in [0.1, 0.15) is 0 Å². The van der Waals surface area contributed by atoms with E-state index in [4.69, 9.17) is 11.6 Å². The molecule has 0 saturated carbocycles. The second-order valence-electron chi connectivity index (χ2n) is 4.97. The van der Waals surface area contributed by atoms with Crippen LogP contribution in [0.3, 0.4) is 0 Å². The highest BCUT2D eigenvalue weighted by atomic mass is 35.5. The molecule has 0 aliphatic rings. The first-order valence-electron chi connectivity index (χ1n) is 7.12. The first-order chi connectivity index (χ1) is 12.1. The maximum atomic E-state index is 12.2. The van der Waals surface area contributed by atoms with Gasteiger partial charge in [-0.2, -0.15) is 0 Å². The predicted octanol–water partition coefficient (Wildman–Crippen LogP) is 1.50. The molecule has 2 N–H and O–H groups in total. The second kappa shape index (κ2) is 8.10. The lowest BCUT2D eigenvalue weighted by atomic mass is 10.3. The van der Waals surface area contributed by atoms with Gasteiger partial charge in [-0.25, -0.2) is 26.3 Å². The third kappa shape index (κ3) is 4.99. The molecule has 0 fully saturated rings. The lowest BCUT2D eigenvalue weighted by Crippen LogP contribution is -2.34. The fraction of sp³-hybridized carbons (Fsp3) is 0.143. The zero-order chi connectivity index (χ0) is 19.4. The average molecular weight is 420 g/mol. The van der Waals surface area contributed by atoms with Gasteiger partial charge < -0.3 is 0 Å². The summed E-state index contributed by atoms with van der Waals surface area (Å²) < 4.78 is 52.8. The first kappa shape index (κ1) is 20.3. The van der Waals surface area contributed by atoms with E-state index < -0.39 is 35.6 Å². The summed E-state index contributed by atoms with van der Waals surface area (Å²) in [7, 11) is -8.00. The predicted molar refractivity (Wildman–Crippen MR) is 94.9 cm³/mol. The fourth-order valence-corrected chi connectivity index (χ4v) is 4.34. The second-order valence-corrected chi connectivity index (χ2v) is 8.91. The molecule has 0 aliphatic heterocycles. The van der Waals surface area contributed by atoms with Gasteiger partial charge >= 0.3 is 0 Å². The summed E-state index contributed by atoms with van der Waals surface area (Å²) in [4.78, 5) is 9.60. The molecule has 0 unspecified atom stereocenters. The van der Waals surface area contributed by atoms with Crippen LogP contribution in [-0.4, -0.2) is 34.8 Å². The topological polar surface area (TPSA) is 135 Å². The molecule has 26 heavy (non-hydrogen) atoms. The Bertz CT molecular complexity index is 1010. The molecule has 0 radical (unpaired) electrons. The largest absolute Gasteiger partial charge is 0.289 e. The number of nitro groups is 1. The Balaban J connectivity index is 2.01. The summed E-state index contributed by atoms with van der Waals surface area (Å²) in [6, 6.07) is 10.3. The number of hydrogen-bond donors (Lipinski definition) is 2. The van der Waals surface area contributed by atoms with E-state index >= 15 is 0 Å². The molecule has 0 heterocycles. The van der Waals surface area contributed by atoms with E-state index in [1.807, 2.05) is 0 Å². The molecule has 0 atom stereocenters. The molecular weight excluding hydrogens is 406 g/mol. The van der Waals surface area contributed by atoms with E-state index in [1.54, 1.807) is 0 Å². The summed E-state index contributed by atoms with van der Waals surface area (Å²) in [6.07, 6.45) is 0. The van der Waals surface area contributed by atoms with Gasteiger partial charge in [0.15, 0.2) is 4.90 Å². The quantitative estimate of drug-likeness (QED) is 0.378. The standard InChI is InChI=1S/C14H14ClN3O6S2/c15-11-5-7-12(8-6-11)25(21,22)16-9-10-17-26(23,24)14-4-2-1-3-13(14)18(19)20/h1-8,16-17H,9-10H2. The summed E-state index contributed by atoms with van der Waals surface area (Å²) in [5, 5.41) is 11.3. The Kier molecular flexibility index (Phi) is 6.31. The van der Waals surface area contributed by atoms with Gasteiger partial charge in [0.25, 0.3) is 5.69 Å². The summed E-state index contributed by atoms with van der Waals surface area (Å²) in [5.41, 5.74) is -0.568. The summed E-state index contributed by atoms with van der Waals surface area (Å²) in [5.74, 6) is 0. The number of sulfonamides is 2. The van der Waals surface area contributed by atoms with Crippen LogP contribution in [0.15, 0.2) is 58.3 Å². The van der Waals surface area contributed by atoms with Crippen molar-refractivity contribution in [3.05, 3.63) is 63.7 Å². The van der Waals surface area contributed by atoms with Crippen molar-refractivity contribution in [3.8, 4) is 0 Å². The number of hydrogen-bond acceptors (Lipinski definition) is 6. The van der Waals surface area contributed by atoms with Gasteiger partial charge in [-0.3, -0.25) is 10.1 Å². The highest BCUT2D eigenvalue weighted by Crippen LogP contribution is 2.22. The third-order valence-electron chi connectivity index (χ3n) is 3.18. The molecule has 140 valence electrons. The smallest absolute Gasteiger partial charge is 0.258 e. The van der Waals surface area contributed by atoms with Gasteiger partial charge in [0.2, 0.25) is 20.0 Å². The highest BCUT2D eigenvalue weighted by Gasteiger charge is 2.24. The van der Waals surface area contributed by atoms with Crippen molar-refractivity contribution in [3.63, 3.8) is 0 Å². The average Bonchev–Trinajstić information content (AvgIpc) is 2.59. The van der Waals surface area contributed by atoms with Crippen LogP contribution < -0.4 is 9.44 Å². The van der Waals surface area contributed by atoms with Crippen LogP contribution in [0, 0.1) is 10.1 Å². The zero-order valence-corrected chi connectivity index (χ0v) is 15.5. The third-order valence-corrected chi connectivity index (χ3v) is 6.42. The minimum atomic E-state index is -4.17. The Morgan fingerprint density at radius 1 is 0.885 bits per heavy atom. The number of nitro benzene ring substituents is 1. The van der Waals surface area contributed by atoms with E-state index in [1.165, 1.54) is 36.4 Å². The molecule has 0 aliphatic carbocycles. The highest BCUT2D eigenvalue weighted by molar-refractivity contribution is 7.90. The summed E-state index contributed by atoms with van der Waals surface area (Å²) in [6.45, 7) is -0.536. The van der Waals surface area contributed by atoms with Crippen molar-refractivity contribution in [1.82, 2.24) is 9.44 Å². The Hall–Kier alpha value is -2.05. The molecule has 2 aromatic carbocycles. The molecule has 2 aromatic rings. The molecule has 0 spiro atoms. The molecule has 12 heteroatoms. The van der Waals surface area contributed by atoms with Crippen molar-refractivity contribution in [2.75, 3.05) is 13.1 Å². The molecule has 0 bridgehead atoms. The van der Waals surface area contributed by atoms with E-state index in [2.05, 4.69) is 9.44 Å². The number of benzene rings is 2. The molecule has 2 rings (SSSR count). The Labute approximate surface area is 155 Å². The number of para-hydroxylation sites is 1. The van der Waals surface area contributed by atoms with Gasteiger partial charge in [-0.15, -0.1) is 0 Å². The molecule has 0 aromatic heterocycles. The zero-order valence-electron chi connectivity index (χ0n) is 13.1. The number of nitrogens with zero attached hydrogens (tertiary/aromatic N) is 1. The van der Waals surface area contributed by atoms with Gasteiger partial charge in [0.1, 0.15) is 0 Å². The maximum Gasteiger partial charge on any atom is 0.289 e. The number of rotatable bonds is 8. The van der Waals surface area contributed by atoms with Crippen molar-refractivity contribution >= 4 is 37.3 Å². The number of halogens is 1. The lowest BCUT2D eigenvalue weighted by molar-refractivity contribution is -0.387. The van der Waals surface area contributed by atoms with Crippen molar-refractivity contribution < 1.29 is 21.8 Å². The SMILES string of the molecule is O=[N+]([O-])c1ccccc1S(=O)(=O)NCCNS(=O)(=O)c1ccc(Cl)cc1. The molecular formula is C14H14ClN3O6S2. The van der Waals surface area contributed by atoms with Crippen LogP contribution in [-0.2, 0) is 20.0 Å². The monoisotopic (exact) mass is 419 g/mol. The number of nitrogens with one attached hydrogen (secondary N) is 2. The fourth-order valence-electron chi connectivity index (χ4n) is 1.98. The van der Waals surface area contributed by atoms with Gasteiger partial charge in [-0.1, -0.05) is 23.7 Å². The van der Waals surface area contributed by atoms with Crippen LogP contribution >= 0.6 is 11.6 Å². The minimum Gasteiger partial charge on any atom is -0.258 e. The van der Waals surface area contributed by atoms with Crippen molar-refractivity contribution in [2.24, 2.45) is 0 Å². The van der Waals surface area contributed by atoms with E-state index in [-0.39, 0.29) is 18.0 Å². The van der Waals surface area contributed by atoms with E-state index in [0.29, 0.717) is 5.02 Å². The van der Waals surface area contributed by atoms with Crippen molar-refractivity contribution in [1.29, 1.82) is 0 Å². The van der Waals surface area contributed by atoms with Gasteiger partial charge in [0.05, 0.1) is 9.82 Å².